The minimum Gasteiger partial charge on any atom is -0.363 e. The molecule has 1 heterocycles. The average molecular weight is 129 g/mol. The van der Waals surface area contributed by atoms with E-state index in [4.69, 9.17) is 4.74 Å². The smallest absolute Gasteiger partial charge is 0.246 e. The summed E-state index contributed by atoms with van der Waals surface area (Å²) in [6.07, 6.45) is 1.68. The van der Waals surface area contributed by atoms with Crippen LogP contribution in [0.1, 0.15) is 1.43 Å². The lowest BCUT2D eigenvalue weighted by Crippen LogP contribution is -2.41. The maximum Gasteiger partial charge on any atom is 0.246 e. The number of carbonyl (C=O) groups excluding carboxylic acids is 1. The average Bonchev–Trinajstić information content (AvgIpc) is 1.90. The largest absolute Gasteiger partial charge is 0.363 e. The second-order valence-corrected chi connectivity index (χ2v) is 1.89. The van der Waals surface area contributed by atoms with Crippen molar-refractivity contribution in [2.75, 3.05) is 13.2 Å². The van der Waals surface area contributed by atoms with Gasteiger partial charge < -0.3 is 10.1 Å². The van der Waals surface area contributed by atoms with Crippen LogP contribution >= 0.6 is 0 Å². The van der Waals surface area contributed by atoms with Gasteiger partial charge in [-0.1, -0.05) is 6.08 Å². The number of nitrogens with one attached hydrogen (secondary N) is 1. The third-order valence-electron chi connectivity index (χ3n) is 1.19. The Morgan fingerprint density at radius 3 is 3.22 bits per heavy atom. The molecule has 1 saturated heterocycles. The summed E-state index contributed by atoms with van der Waals surface area (Å²) in [5, 5.41) is 2.65. The number of hydrogen-bond donors (Lipinski definition) is 1. The zero-order valence-corrected chi connectivity index (χ0v) is 5.09. The van der Waals surface area contributed by atoms with E-state index in [0.717, 1.165) is 0 Å². The molecule has 0 aromatic heterocycles. The van der Waals surface area contributed by atoms with E-state index in [0.29, 0.717) is 6.54 Å². The summed E-state index contributed by atoms with van der Waals surface area (Å²) in [4.78, 5) is 10.5. The number of rotatable bonds is 1. The molecule has 0 radical (unpaired) electrons. The zero-order chi connectivity index (χ0) is 6.69. The molecule has 3 nitrogen and oxygen atoms in total. The molecule has 1 amide bonds. The lowest BCUT2D eigenvalue weighted by Gasteiger charge is -2.19. The van der Waals surface area contributed by atoms with E-state index in [1.54, 1.807) is 6.08 Å². The van der Waals surface area contributed by atoms with Crippen LogP contribution in [0.25, 0.3) is 0 Å². The number of hydrogen-bond acceptors (Lipinski definition) is 2. The molecule has 1 rings (SSSR count). The molecule has 9 heavy (non-hydrogen) atoms. The quantitative estimate of drug-likeness (QED) is 0.503. The normalized spacial score (nSPS) is 27.1. The van der Waals surface area contributed by atoms with E-state index in [-0.39, 0.29) is 20.0 Å². The topological polar surface area (TPSA) is 38.3 Å². The molecular formula is C6H11NO2. The SMILES string of the molecule is C=C[C@H]1CNC(=O)CO1.[HH]. The van der Waals surface area contributed by atoms with Gasteiger partial charge in [0.25, 0.3) is 0 Å². The number of carbonyl (C=O) groups is 1. The molecule has 1 aliphatic heterocycles. The maximum atomic E-state index is 10.5. The van der Waals surface area contributed by atoms with Crippen molar-refractivity contribution in [2.45, 2.75) is 6.10 Å². The Balaban J connectivity index is 0.000000810. The standard InChI is InChI=1S/C6H9NO2.H2/c1-2-5-3-7-6(8)4-9-5;/h2,5H,1,3-4H2,(H,7,8);1H/t5-;/m0./s1. The summed E-state index contributed by atoms with van der Waals surface area (Å²) in [6.45, 7) is 4.25. The molecule has 0 saturated carbocycles. The highest BCUT2D eigenvalue weighted by atomic mass is 16.5. The van der Waals surface area contributed by atoms with Gasteiger partial charge in [0, 0.05) is 7.97 Å². The van der Waals surface area contributed by atoms with Crippen LogP contribution < -0.4 is 5.32 Å². The molecule has 0 aliphatic carbocycles. The molecule has 0 unspecified atom stereocenters. The summed E-state index contributed by atoms with van der Waals surface area (Å²) in [7, 11) is 0. The van der Waals surface area contributed by atoms with Crippen LogP contribution in [0.2, 0.25) is 0 Å². The van der Waals surface area contributed by atoms with E-state index < -0.39 is 0 Å². The van der Waals surface area contributed by atoms with Crippen LogP contribution in [-0.4, -0.2) is 25.2 Å². The van der Waals surface area contributed by atoms with Crippen LogP contribution in [0.5, 0.6) is 0 Å². The van der Waals surface area contributed by atoms with Gasteiger partial charge in [-0.2, -0.15) is 0 Å². The first kappa shape index (κ1) is 6.29. The molecule has 0 aromatic rings. The predicted molar refractivity (Wildman–Crippen MR) is 35.1 cm³/mol. The predicted octanol–water partition coefficient (Wildman–Crippen LogP) is -0.0666. The van der Waals surface area contributed by atoms with Crippen molar-refractivity contribution in [3.05, 3.63) is 12.7 Å². The number of ether oxygens (including phenoxy) is 1. The molecule has 0 spiro atoms. The van der Waals surface area contributed by atoms with Crippen LogP contribution in [0.15, 0.2) is 12.7 Å². The second-order valence-electron chi connectivity index (χ2n) is 1.89. The minimum atomic E-state index is -0.0481. The molecule has 3 heteroatoms. The fourth-order valence-corrected chi connectivity index (χ4v) is 0.658. The fourth-order valence-electron chi connectivity index (χ4n) is 0.658. The molecule has 1 N–H and O–H groups in total. The van der Waals surface area contributed by atoms with Crippen molar-refractivity contribution in [3.63, 3.8) is 0 Å². The van der Waals surface area contributed by atoms with Gasteiger partial charge in [-0.05, 0) is 0 Å². The monoisotopic (exact) mass is 129 g/mol. The van der Waals surface area contributed by atoms with E-state index in [2.05, 4.69) is 11.9 Å². The Kier molecular flexibility index (Phi) is 1.85. The summed E-state index contributed by atoms with van der Waals surface area (Å²) in [5.74, 6) is -0.0481. The Labute approximate surface area is 55.2 Å². The number of morpholine rings is 1. The van der Waals surface area contributed by atoms with Crippen molar-refractivity contribution >= 4 is 5.91 Å². The van der Waals surface area contributed by atoms with E-state index >= 15 is 0 Å². The van der Waals surface area contributed by atoms with E-state index in [9.17, 15) is 4.79 Å². The van der Waals surface area contributed by atoms with E-state index in [1.165, 1.54) is 0 Å². The van der Waals surface area contributed by atoms with Gasteiger partial charge >= 0.3 is 0 Å². The lowest BCUT2D eigenvalue weighted by molar-refractivity contribution is -0.131. The Morgan fingerprint density at radius 2 is 2.78 bits per heavy atom. The number of amides is 1. The summed E-state index contributed by atoms with van der Waals surface area (Å²) < 4.78 is 5.01. The molecule has 0 aromatic carbocycles. The maximum absolute atomic E-state index is 10.5. The van der Waals surface area contributed by atoms with Gasteiger partial charge in [0.2, 0.25) is 5.91 Å². The van der Waals surface area contributed by atoms with Crippen LogP contribution in [0, 0.1) is 0 Å². The molecule has 52 valence electrons. The molecular weight excluding hydrogens is 118 g/mol. The van der Waals surface area contributed by atoms with Crippen molar-refractivity contribution < 1.29 is 11.0 Å². The summed E-state index contributed by atoms with van der Waals surface area (Å²) in [6, 6.07) is 0. The van der Waals surface area contributed by atoms with E-state index in [1.807, 2.05) is 0 Å². The van der Waals surface area contributed by atoms with Gasteiger partial charge in [0.15, 0.2) is 0 Å². The van der Waals surface area contributed by atoms with Gasteiger partial charge in [-0.25, -0.2) is 0 Å². The highest BCUT2D eigenvalue weighted by Gasteiger charge is 2.14. The summed E-state index contributed by atoms with van der Waals surface area (Å²) in [5.41, 5.74) is 0. The third-order valence-corrected chi connectivity index (χ3v) is 1.19. The fraction of sp³-hybridized carbons (Fsp3) is 0.500. The highest BCUT2D eigenvalue weighted by Crippen LogP contribution is 1.95. The van der Waals surface area contributed by atoms with Crippen molar-refractivity contribution in [2.24, 2.45) is 0 Å². The van der Waals surface area contributed by atoms with Crippen molar-refractivity contribution in [1.29, 1.82) is 0 Å². The highest BCUT2D eigenvalue weighted by molar-refractivity contribution is 5.77. The molecule has 0 bridgehead atoms. The van der Waals surface area contributed by atoms with Gasteiger partial charge in [0.1, 0.15) is 6.61 Å². The van der Waals surface area contributed by atoms with Gasteiger partial charge in [-0.15, -0.1) is 6.58 Å². The molecule has 1 fully saturated rings. The lowest BCUT2D eigenvalue weighted by atomic mass is 10.3. The second kappa shape index (κ2) is 2.64. The first-order valence-corrected chi connectivity index (χ1v) is 2.84. The Hall–Kier alpha value is -0.830. The minimum absolute atomic E-state index is 0. The molecule has 1 aliphatic rings. The van der Waals surface area contributed by atoms with Crippen LogP contribution in [0.3, 0.4) is 0 Å². The zero-order valence-electron chi connectivity index (χ0n) is 5.09. The Bertz CT molecular complexity index is 128. The Morgan fingerprint density at radius 1 is 2.00 bits per heavy atom. The third kappa shape index (κ3) is 1.54. The van der Waals surface area contributed by atoms with Gasteiger partial charge in [0.05, 0.1) is 6.10 Å². The first-order valence-electron chi connectivity index (χ1n) is 2.84. The summed E-state index contributed by atoms with van der Waals surface area (Å²) >= 11 is 0. The van der Waals surface area contributed by atoms with Gasteiger partial charge in [-0.3, -0.25) is 4.79 Å². The molecule has 1 atom stereocenters. The van der Waals surface area contributed by atoms with Crippen molar-refractivity contribution in [1.82, 2.24) is 5.32 Å². The van der Waals surface area contributed by atoms with Crippen LogP contribution in [-0.2, 0) is 9.53 Å². The van der Waals surface area contributed by atoms with Crippen molar-refractivity contribution in [3.8, 4) is 0 Å². The van der Waals surface area contributed by atoms with Crippen LogP contribution in [0.4, 0.5) is 0 Å². The first-order chi connectivity index (χ1) is 4.33.